The van der Waals surface area contributed by atoms with E-state index >= 15 is 0 Å². The molecule has 1 heterocycles. The summed E-state index contributed by atoms with van der Waals surface area (Å²) in [5.41, 5.74) is -4.27. The first-order valence-corrected chi connectivity index (χ1v) is 3.94. The van der Waals surface area contributed by atoms with E-state index in [0.717, 1.165) is 7.11 Å². The van der Waals surface area contributed by atoms with Crippen LogP contribution in [-0.4, -0.2) is 12.1 Å². The third-order valence-electron chi connectivity index (χ3n) is 1.80. The Labute approximate surface area is 85.8 Å². The average Bonchev–Trinajstić information content (AvgIpc) is 2.15. The van der Waals surface area contributed by atoms with Crippen molar-refractivity contribution in [3.8, 4) is 5.75 Å². The molecule has 3 nitrogen and oxygen atoms in total. The van der Waals surface area contributed by atoms with Gasteiger partial charge in [0.05, 0.1) is 12.7 Å². The Bertz CT molecular complexity index is 437. The predicted octanol–water partition coefficient (Wildman–Crippen LogP) is 2.34. The second kappa shape index (κ2) is 4.11. The summed E-state index contributed by atoms with van der Waals surface area (Å²) in [6.45, 7) is 0. The third-order valence-corrected chi connectivity index (χ3v) is 1.80. The van der Waals surface area contributed by atoms with Crippen LogP contribution in [0, 0.1) is 0 Å². The summed E-state index contributed by atoms with van der Waals surface area (Å²) in [6.07, 6.45) is -8.11. The van der Waals surface area contributed by atoms with Crippen molar-refractivity contribution >= 4 is 0 Å². The Hall–Kier alpha value is -1.60. The summed E-state index contributed by atoms with van der Waals surface area (Å²) in [5.74, 6) is -1.16. The molecule has 0 aliphatic carbocycles. The van der Waals surface area contributed by atoms with Crippen LogP contribution in [-0.2, 0) is 6.18 Å². The monoisotopic (exact) mass is 243 g/mol. The first-order chi connectivity index (χ1) is 7.29. The molecule has 1 N–H and O–H groups in total. The maximum Gasteiger partial charge on any atom is 0.420 e. The molecule has 0 aliphatic heterocycles. The number of nitrogens with one attached hydrogen (secondary N) is 1. The molecule has 16 heavy (non-hydrogen) atoms. The zero-order valence-corrected chi connectivity index (χ0v) is 7.86. The van der Waals surface area contributed by atoms with Crippen LogP contribution in [0.5, 0.6) is 5.75 Å². The topological polar surface area (TPSA) is 42.1 Å². The van der Waals surface area contributed by atoms with E-state index in [1.165, 1.54) is 0 Å². The molecule has 0 spiro atoms. The van der Waals surface area contributed by atoms with E-state index in [0.29, 0.717) is 6.20 Å². The lowest BCUT2D eigenvalue weighted by molar-refractivity contribution is -0.140. The summed E-state index contributed by atoms with van der Waals surface area (Å²) in [5, 5.41) is 0. The minimum Gasteiger partial charge on any atom is -0.491 e. The average molecular weight is 243 g/mol. The van der Waals surface area contributed by atoms with E-state index in [1.807, 2.05) is 0 Å². The predicted molar refractivity (Wildman–Crippen MR) is 43.6 cm³/mol. The van der Waals surface area contributed by atoms with Crippen LogP contribution in [0.15, 0.2) is 11.0 Å². The SMILES string of the molecule is COc1c(C(F)(F)F)c(C(F)F)c[nH]c1=O. The van der Waals surface area contributed by atoms with Crippen molar-refractivity contribution in [2.75, 3.05) is 7.11 Å². The summed E-state index contributed by atoms with van der Waals surface area (Å²) < 4.78 is 66.3. The van der Waals surface area contributed by atoms with Gasteiger partial charge in [0.15, 0.2) is 5.75 Å². The largest absolute Gasteiger partial charge is 0.491 e. The van der Waals surface area contributed by atoms with E-state index in [4.69, 9.17) is 0 Å². The molecule has 0 fully saturated rings. The normalized spacial score (nSPS) is 11.9. The fourth-order valence-electron chi connectivity index (χ4n) is 1.18. The van der Waals surface area contributed by atoms with Crippen molar-refractivity contribution in [3.05, 3.63) is 27.7 Å². The Morgan fingerprint density at radius 2 is 1.94 bits per heavy atom. The van der Waals surface area contributed by atoms with Crippen LogP contribution in [0.1, 0.15) is 17.6 Å². The molecule has 90 valence electrons. The van der Waals surface area contributed by atoms with E-state index in [2.05, 4.69) is 4.74 Å². The number of hydrogen-bond acceptors (Lipinski definition) is 2. The molecule has 0 bridgehead atoms. The molecule has 1 aromatic heterocycles. The van der Waals surface area contributed by atoms with Gasteiger partial charge in [-0.15, -0.1) is 0 Å². The number of hydrogen-bond donors (Lipinski definition) is 1. The molecular formula is C8H6F5NO2. The minimum atomic E-state index is -5.08. The molecule has 0 aliphatic rings. The standard InChI is InChI=1S/C8H6F5NO2/c1-16-5-4(8(11,12)13)3(6(9)10)2-14-7(5)15/h2,6H,1H3,(H,14,15). The third kappa shape index (κ3) is 2.15. The Kier molecular flexibility index (Phi) is 3.20. The fraction of sp³-hybridized carbons (Fsp3) is 0.375. The lowest BCUT2D eigenvalue weighted by Crippen LogP contribution is -2.20. The van der Waals surface area contributed by atoms with Gasteiger partial charge in [0.2, 0.25) is 0 Å². The van der Waals surface area contributed by atoms with Crippen molar-refractivity contribution < 1.29 is 26.7 Å². The number of aromatic nitrogens is 1. The Morgan fingerprint density at radius 1 is 1.38 bits per heavy atom. The number of rotatable bonds is 2. The van der Waals surface area contributed by atoms with Crippen LogP contribution in [0.25, 0.3) is 0 Å². The van der Waals surface area contributed by atoms with Gasteiger partial charge >= 0.3 is 6.18 Å². The van der Waals surface area contributed by atoms with Gasteiger partial charge in [0, 0.05) is 6.20 Å². The van der Waals surface area contributed by atoms with Gasteiger partial charge in [-0.2, -0.15) is 13.2 Å². The van der Waals surface area contributed by atoms with Crippen molar-refractivity contribution in [2.45, 2.75) is 12.6 Å². The van der Waals surface area contributed by atoms with E-state index in [9.17, 15) is 26.7 Å². The summed E-state index contributed by atoms with van der Waals surface area (Å²) in [4.78, 5) is 12.7. The summed E-state index contributed by atoms with van der Waals surface area (Å²) in [6, 6.07) is 0. The Balaban J connectivity index is 3.61. The lowest BCUT2D eigenvalue weighted by Gasteiger charge is -2.14. The number of halogens is 5. The van der Waals surface area contributed by atoms with Crippen LogP contribution in [0.4, 0.5) is 22.0 Å². The molecule has 0 saturated heterocycles. The fourth-order valence-corrected chi connectivity index (χ4v) is 1.18. The van der Waals surface area contributed by atoms with Crippen molar-refractivity contribution in [1.82, 2.24) is 4.98 Å². The number of ether oxygens (including phenoxy) is 1. The van der Waals surface area contributed by atoms with Crippen LogP contribution in [0.3, 0.4) is 0 Å². The van der Waals surface area contributed by atoms with Crippen LogP contribution in [0.2, 0.25) is 0 Å². The number of H-pyrrole nitrogens is 1. The van der Waals surface area contributed by atoms with Crippen LogP contribution < -0.4 is 10.3 Å². The van der Waals surface area contributed by atoms with Crippen molar-refractivity contribution in [2.24, 2.45) is 0 Å². The number of alkyl halides is 5. The molecule has 0 aromatic carbocycles. The molecule has 8 heteroatoms. The van der Waals surface area contributed by atoms with Gasteiger partial charge in [-0.3, -0.25) is 4.79 Å². The van der Waals surface area contributed by atoms with Gasteiger partial charge in [-0.1, -0.05) is 0 Å². The summed E-state index contributed by atoms with van der Waals surface area (Å²) >= 11 is 0. The van der Waals surface area contributed by atoms with E-state index in [1.54, 1.807) is 4.98 Å². The molecule has 0 unspecified atom stereocenters. The smallest absolute Gasteiger partial charge is 0.420 e. The quantitative estimate of drug-likeness (QED) is 0.810. The lowest BCUT2D eigenvalue weighted by atomic mass is 10.1. The number of pyridine rings is 1. The molecule has 0 saturated carbocycles. The van der Waals surface area contributed by atoms with E-state index < -0.39 is 35.0 Å². The molecule has 1 aromatic rings. The molecule has 0 atom stereocenters. The molecule has 0 amide bonds. The zero-order valence-electron chi connectivity index (χ0n) is 7.86. The second-order valence-corrected chi connectivity index (χ2v) is 2.78. The first kappa shape index (κ1) is 12.5. The zero-order chi connectivity index (χ0) is 12.5. The Morgan fingerprint density at radius 3 is 2.31 bits per heavy atom. The van der Waals surface area contributed by atoms with Gasteiger partial charge < -0.3 is 9.72 Å². The highest BCUT2D eigenvalue weighted by Gasteiger charge is 2.40. The van der Waals surface area contributed by atoms with Gasteiger partial charge in [0.1, 0.15) is 5.56 Å². The molecular weight excluding hydrogens is 237 g/mol. The van der Waals surface area contributed by atoms with Gasteiger partial charge in [-0.25, -0.2) is 8.78 Å². The minimum absolute atomic E-state index is 0.332. The van der Waals surface area contributed by atoms with Crippen molar-refractivity contribution in [3.63, 3.8) is 0 Å². The first-order valence-electron chi connectivity index (χ1n) is 3.94. The molecule has 0 radical (unpaired) electrons. The number of aromatic amines is 1. The van der Waals surface area contributed by atoms with Gasteiger partial charge in [-0.05, 0) is 0 Å². The second-order valence-electron chi connectivity index (χ2n) is 2.78. The highest BCUT2D eigenvalue weighted by Crippen LogP contribution is 2.39. The molecule has 1 rings (SSSR count). The number of methoxy groups -OCH3 is 1. The van der Waals surface area contributed by atoms with Gasteiger partial charge in [0.25, 0.3) is 12.0 Å². The highest BCUT2D eigenvalue weighted by atomic mass is 19.4. The van der Waals surface area contributed by atoms with E-state index in [-0.39, 0.29) is 0 Å². The maximum atomic E-state index is 12.5. The highest BCUT2D eigenvalue weighted by molar-refractivity contribution is 5.40. The van der Waals surface area contributed by atoms with Crippen LogP contribution >= 0.6 is 0 Å². The maximum absolute atomic E-state index is 12.5. The van der Waals surface area contributed by atoms with Crippen molar-refractivity contribution in [1.29, 1.82) is 0 Å². The summed E-state index contributed by atoms with van der Waals surface area (Å²) in [7, 11) is 0.801.